The zero-order chi connectivity index (χ0) is 19.0. The fraction of sp³-hybridized carbons (Fsp3) is 0.250. The van der Waals surface area contributed by atoms with Gasteiger partial charge in [-0.3, -0.25) is 0 Å². The quantitative estimate of drug-likeness (QED) is 0.511. The van der Waals surface area contributed by atoms with Gasteiger partial charge < -0.3 is 24.8 Å². The van der Waals surface area contributed by atoms with Gasteiger partial charge in [0, 0.05) is 11.6 Å². The van der Waals surface area contributed by atoms with Gasteiger partial charge in [0.1, 0.15) is 29.1 Å². The minimum absolute atomic E-state index is 0.157. The molecule has 0 saturated carbocycles. The lowest BCUT2D eigenvalue weighted by Crippen LogP contribution is -2.09. The van der Waals surface area contributed by atoms with E-state index in [1.54, 1.807) is 6.92 Å². The Morgan fingerprint density at radius 1 is 0.920 bits per heavy atom. The molecular formula is C16H14Br2Cl2O5. The van der Waals surface area contributed by atoms with Gasteiger partial charge in [0.05, 0.1) is 38.8 Å². The van der Waals surface area contributed by atoms with E-state index in [-0.39, 0.29) is 53.1 Å². The van der Waals surface area contributed by atoms with Crippen molar-refractivity contribution in [2.45, 2.75) is 13.0 Å². The third-order valence-electron chi connectivity index (χ3n) is 3.70. The minimum Gasteiger partial charge on any atom is -0.507 e. The van der Waals surface area contributed by atoms with E-state index in [1.807, 2.05) is 0 Å². The molecule has 2 rings (SSSR count). The van der Waals surface area contributed by atoms with Crippen LogP contribution in [0.3, 0.4) is 0 Å². The van der Waals surface area contributed by atoms with Crippen LogP contribution in [0.5, 0.6) is 23.0 Å². The summed E-state index contributed by atoms with van der Waals surface area (Å²) in [6.07, 6.45) is -1.39. The van der Waals surface area contributed by atoms with Gasteiger partial charge in [-0.1, -0.05) is 23.2 Å². The summed E-state index contributed by atoms with van der Waals surface area (Å²) in [5, 5.41) is 31.4. The van der Waals surface area contributed by atoms with Gasteiger partial charge in [-0.25, -0.2) is 0 Å². The van der Waals surface area contributed by atoms with Crippen LogP contribution in [-0.2, 0) is 0 Å². The van der Waals surface area contributed by atoms with E-state index in [4.69, 9.17) is 32.7 Å². The maximum atomic E-state index is 11.0. The fourth-order valence-electron chi connectivity index (χ4n) is 2.44. The van der Waals surface area contributed by atoms with Crippen LogP contribution < -0.4 is 9.47 Å². The number of methoxy groups -OCH3 is 2. The molecule has 0 saturated heterocycles. The first kappa shape index (κ1) is 20.5. The largest absolute Gasteiger partial charge is 0.507 e. The number of phenols is 2. The Morgan fingerprint density at radius 3 is 1.68 bits per heavy atom. The number of hydrogen-bond donors (Lipinski definition) is 3. The second-order valence-electron chi connectivity index (χ2n) is 5.09. The Labute approximate surface area is 171 Å². The molecule has 2 aromatic carbocycles. The van der Waals surface area contributed by atoms with Gasteiger partial charge in [0.15, 0.2) is 0 Å². The summed E-state index contributed by atoms with van der Waals surface area (Å²) >= 11 is 19.0. The van der Waals surface area contributed by atoms with E-state index in [2.05, 4.69) is 31.9 Å². The predicted octanol–water partition coefficient (Wildman–Crippen LogP) is 5.34. The van der Waals surface area contributed by atoms with Crippen molar-refractivity contribution in [2.24, 2.45) is 0 Å². The number of hydrogen-bond acceptors (Lipinski definition) is 5. The van der Waals surface area contributed by atoms with E-state index < -0.39 is 6.10 Å². The van der Waals surface area contributed by atoms with Crippen molar-refractivity contribution in [3.05, 3.63) is 41.7 Å². The van der Waals surface area contributed by atoms with Crippen LogP contribution in [0, 0.1) is 6.92 Å². The molecule has 0 radical (unpaired) electrons. The SMILES string of the molecule is COc1c(Cl)c(C)c(Cl)c(OC)c1C(O)c1c(Br)c(O)cc(O)c1Br. The molecule has 3 N–H and O–H groups in total. The molecule has 0 bridgehead atoms. The van der Waals surface area contributed by atoms with Crippen molar-refractivity contribution < 1.29 is 24.8 Å². The number of rotatable bonds is 4. The number of aromatic hydroxyl groups is 2. The Balaban J connectivity index is 2.88. The van der Waals surface area contributed by atoms with Crippen molar-refractivity contribution in [2.75, 3.05) is 14.2 Å². The third-order valence-corrected chi connectivity index (χ3v) is 6.27. The first-order valence-corrected chi connectivity index (χ1v) is 9.18. The van der Waals surface area contributed by atoms with Crippen molar-refractivity contribution in [3.8, 4) is 23.0 Å². The van der Waals surface area contributed by atoms with Crippen molar-refractivity contribution in [1.82, 2.24) is 0 Å². The standard InChI is InChI=1S/C16H14Br2Cl2O5/c1-5-12(19)15(24-2)9(16(25-3)13(5)20)14(23)8-10(17)6(21)4-7(22)11(8)18/h4,14,21-23H,1-3H3. The van der Waals surface area contributed by atoms with Gasteiger partial charge in [-0.15, -0.1) is 0 Å². The highest BCUT2D eigenvalue weighted by atomic mass is 79.9. The molecule has 136 valence electrons. The minimum atomic E-state index is -1.39. The van der Waals surface area contributed by atoms with E-state index >= 15 is 0 Å². The van der Waals surface area contributed by atoms with Crippen LogP contribution in [0.1, 0.15) is 22.8 Å². The molecular weight excluding hydrogens is 503 g/mol. The summed E-state index contributed by atoms with van der Waals surface area (Å²) < 4.78 is 11.1. The second-order valence-corrected chi connectivity index (χ2v) is 7.43. The van der Waals surface area contributed by atoms with Gasteiger partial charge in [0.25, 0.3) is 0 Å². The molecule has 25 heavy (non-hydrogen) atoms. The van der Waals surface area contributed by atoms with Crippen LogP contribution in [0.25, 0.3) is 0 Å². The average molecular weight is 517 g/mol. The van der Waals surface area contributed by atoms with Gasteiger partial charge in [-0.05, 0) is 44.3 Å². The molecule has 0 aliphatic rings. The monoisotopic (exact) mass is 514 g/mol. The fourth-order valence-corrected chi connectivity index (χ4v) is 4.36. The molecule has 1 atom stereocenters. The Kier molecular flexibility index (Phi) is 6.38. The first-order chi connectivity index (χ1) is 11.7. The summed E-state index contributed by atoms with van der Waals surface area (Å²) in [7, 11) is 2.79. The van der Waals surface area contributed by atoms with Gasteiger partial charge in [-0.2, -0.15) is 0 Å². The lowest BCUT2D eigenvalue weighted by atomic mass is 9.97. The van der Waals surface area contributed by atoms with Crippen LogP contribution >= 0.6 is 55.1 Å². The number of phenolic OH excluding ortho intramolecular Hbond substituents is 2. The van der Waals surface area contributed by atoms with Crippen molar-refractivity contribution >= 4 is 55.1 Å². The molecule has 1 unspecified atom stereocenters. The van der Waals surface area contributed by atoms with Crippen molar-refractivity contribution in [3.63, 3.8) is 0 Å². The summed E-state index contributed by atoms with van der Waals surface area (Å²) in [4.78, 5) is 0. The maximum absolute atomic E-state index is 11.0. The van der Waals surface area contributed by atoms with Gasteiger partial charge >= 0.3 is 0 Å². The summed E-state index contributed by atoms with van der Waals surface area (Å²) in [6.45, 7) is 1.69. The molecule has 0 aromatic heterocycles. The van der Waals surface area contributed by atoms with E-state index in [9.17, 15) is 15.3 Å². The van der Waals surface area contributed by atoms with Crippen LogP contribution in [0.15, 0.2) is 15.0 Å². The number of halogens is 4. The van der Waals surface area contributed by atoms with Crippen LogP contribution in [0.4, 0.5) is 0 Å². The Hall–Kier alpha value is -0.860. The third kappa shape index (κ3) is 3.40. The summed E-state index contributed by atoms with van der Waals surface area (Å²) in [5.74, 6) is -0.155. The van der Waals surface area contributed by atoms with Gasteiger partial charge in [0.2, 0.25) is 0 Å². The number of aliphatic hydroxyl groups excluding tert-OH is 1. The maximum Gasteiger partial charge on any atom is 0.147 e. The van der Waals surface area contributed by atoms with E-state index in [1.165, 1.54) is 14.2 Å². The number of benzene rings is 2. The zero-order valence-electron chi connectivity index (χ0n) is 13.3. The Bertz CT molecular complexity index is 785. The summed E-state index contributed by atoms with van der Waals surface area (Å²) in [6, 6.07) is 1.13. The van der Waals surface area contributed by atoms with E-state index in [0.717, 1.165) is 6.07 Å². The molecule has 0 amide bonds. The molecule has 0 aliphatic carbocycles. The second kappa shape index (κ2) is 7.80. The lowest BCUT2D eigenvalue weighted by Gasteiger charge is -2.24. The average Bonchev–Trinajstić information content (AvgIpc) is 2.57. The highest BCUT2D eigenvalue weighted by molar-refractivity contribution is 9.11. The highest BCUT2D eigenvalue weighted by Gasteiger charge is 2.31. The van der Waals surface area contributed by atoms with Crippen LogP contribution in [-0.4, -0.2) is 29.5 Å². The number of aliphatic hydroxyl groups is 1. The predicted molar refractivity (Wildman–Crippen MR) is 104 cm³/mol. The molecule has 0 fully saturated rings. The normalized spacial score (nSPS) is 12.2. The van der Waals surface area contributed by atoms with Crippen molar-refractivity contribution in [1.29, 1.82) is 0 Å². The Morgan fingerprint density at radius 2 is 1.32 bits per heavy atom. The highest BCUT2D eigenvalue weighted by Crippen LogP contribution is 2.52. The zero-order valence-corrected chi connectivity index (χ0v) is 18.0. The van der Waals surface area contributed by atoms with E-state index in [0.29, 0.717) is 5.56 Å². The molecule has 2 aromatic rings. The van der Waals surface area contributed by atoms with Crippen LogP contribution in [0.2, 0.25) is 10.0 Å². The molecule has 0 heterocycles. The molecule has 0 aliphatic heterocycles. The molecule has 5 nitrogen and oxygen atoms in total. The summed E-state index contributed by atoms with van der Waals surface area (Å²) in [5.41, 5.74) is 0.854. The topological polar surface area (TPSA) is 79.2 Å². The molecule has 9 heteroatoms. The first-order valence-electron chi connectivity index (χ1n) is 6.84. The smallest absolute Gasteiger partial charge is 0.147 e. The lowest BCUT2D eigenvalue weighted by molar-refractivity contribution is 0.206. The number of ether oxygens (including phenoxy) is 2. The molecule has 0 spiro atoms.